The third kappa shape index (κ3) is 0.922. The van der Waals surface area contributed by atoms with Crippen molar-refractivity contribution in [1.29, 1.82) is 4.78 Å². The van der Waals surface area contributed by atoms with Crippen molar-refractivity contribution in [1.82, 2.24) is 0 Å². The van der Waals surface area contributed by atoms with Crippen molar-refractivity contribution in [2.75, 3.05) is 0 Å². The van der Waals surface area contributed by atoms with Gasteiger partial charge in [0, 0.05) is 4.90 Å². The highest BCUT2D eigenvalue weighted by atomic mass is 32.2. The molecule has 1 aromatic carbocycles. The van der Waals surface area contributed by atoms with Crippen LogP contribution in [0.5, 0.6) is 0 Å². The van der Waals surface area contributed by atoms with Crippen molar-refractivity contribution >= 4 is 21.4 Å². The van der Waals surface area contributed by atoms with Gasteiger partial charge < -0.3 is 0 Å². The molecule has 0 spiro atoms. The molecule has 0 saturated heterocycles. The lowest BCUT2D eigenvalue weighted by atomic mass is 10.3. The zero-order valence-electron chi connectivity index (χ0n) is 6.16. The van der Waals surface area contributed by atoms with Gasteiger partial charge in [-0.25, -0.2) is 4.99 Å². The Morgan fingerprint density at radius 2 is 2.09 bits per heavy atom. The smallest absolute Gasteiger partial charge is 0.0860 e. The van der Waals surface area contributed by atoms with Crippen molar-refractivity contribution in [3.8, 4) is 0 Å². The zero-order valence-corrected chi connectivity index (χ0v) is 6.98. The number of fused-ring (bicyclic) bond motifs is 1. The summed E-state index contributed by atoms with van der Waals surface area (Å²) in [4.78, 5) is 5.33. The molecule has 2 rings (SSSR count). The van der Waals surface area contributed by atoms with E-state index in [-0.39, 0.29) is 0 Å². The molecule has 0 aliphatic carbocycles. The van der Waals surface area contributed by atoms with Crippen LogP contribution in [-0.4, -0.2) is 5.04 Å². The molecule has 56 valence electrons. The topological polar surface area (TPSA) is 36.2 Å². The maximum Gasteiger partial charge on any atom is 0.0860 e. The van der Waals surface area contributed by atoms with Gasteiger partial charge in [0.05, 0.1) is 10.7 Å². The summed E-state index contributed by atoms with van der Waals surface area (Å²) in [6.45, 7) is 1.91. The Labute approximate surface area is 67.9 Å². The molecule has 0 saturated carbocycles. The van der Waals surface area contributed by atoms with Crippen molar-refractivity contribution in [3.05, 3.63) is 24.3 Å². The second-order valence-electron chi connectivity index (χ2n) is 2.40. The molecule has 0 aromatic heterocycles. The molecule has 1 unspecified atom stereocenters. The second-order valence-corrected chi connectivity index (χ2v) is 4.05. The summed E-state index contributed by atoms with van der Waals surface area (Å²) >= 11 is 0. The summed E-state index contributed by atoms with van der Waals surface area (Å²) < 4.78 is 7.72. The van der Waals surface area contributed by atoms with Gasteiger partial charge in [0.2, 0.25) is 0 Å². The van der Waals surface area contributed by atoms with Crippen LogP contribution in [0.2, 0.25) is 0 Å². The number of nitrogens with one attached hydrogen (secondary N) is 1. The van der Waals surface area contributed by atoms with Gasteiger partial charge in [-0.2, -0.15) is 0 Å². The van der Waals surface area contributed by atoms with Crippen LogP contribution in [0.25, 0.3) is 0 Å². The third-order valence-electron chi connectivity index (χ3n) is 1.66. The molecule has 1 aromatic rings. The molecule has 3 heteroatoms. The molecule has 0 radical (unpaired) electrons. The Kier molecular flexibility index (Phi) is 1.39. The van der Waals surface area contributed by atoms with Crippen LogP contribution in [-0.2, 0) is 10.7 Å². The number of hydrogen-bond acceptors (Lipinski definition) is 2. The quantitative estimate of drug-likeness (QED) is 0.611. The van der Waals surface area contributed by atoms with Crippen LogP contribution < -0.4 is 0 Å². The fourth-order valence-electron chi connectivity index (χ4n) is 1.10. The van der Waals surface area contributed by atoms with Gasteiger partial charge in [-0.05, 0) is 29.7 Å². The van der Waals surface area contributed by atoms with Crippen LogP contribution >= 0.6 is 0 Å². The van der Waals surface area contributed by atoms with Crippen molar-refractivity contribution in [3.63, 3.8) is 0 Å². The standard InChI is InChI=1S/C8H8N2S/c1-6-10-7-4-2-3-5-8(7)11(6)9/h2-5,9H,1H3. The molecular weight excluding hydrogens is 156 g/mol. The van der Waals surface area contributed by atoms with Crippen LogP contribution in [0.3, 0.4) is 0 Å². The van der Waals surface area contributed by atoms with Gasteiger partial charge in [0.1, 0.15) is 0 Å². The number of nitrogens with zero attached hydrogens (tertiary/aromatic N) is 1. The Balaban J connectivity index is 2.67. The van der Waals surface area contributed by atoms with Crippen LogP contribution in [0, 0.1) is 4.78 Å². The van der Waals surface area contributed by atoms with E-state index in [1.54, 1.807) is 0 Å². The maximum absolute atomic E-state index is 7.72. The summed E-state index contributed by atoms with van der Waals surface area (Å²) in [5.74, 6) is 0. The van der Waals surface area contributed by atoms with E-state index in [2.05, 4.69) is 4.99 Å². The Hall–Kier alpha value is -0.960. The highest BCUT2D eigenvalue weighted by molar-refractivity contribution is 8.02. The molecule has 1 heterocycles. The van der Waals surface area contributed by atoms with Gasteiger partial charge in [-0.3, -0.25) is 4.78 Å². The number of aliphatic imine (C=N–C) groups is 1. The molecule has 1 atom stereocenters. The van der Waals surface area contributed by atoms with E-state index in [0.29, 0.717) is 0 Å². The third-order valence-corrected chi connectivity index (χ3v) is 3.13. The first-order chi connectivity index (χ1) is 5.29. The van der Waals surface area contributed by atoms with Gasteiger partial charge in [-0.1, -0.05) is 12.1 Å². The molecule has 0 fully saturated rings. The van der Waals surface area contributed by atoms with Crippen molar-refractivity contribution < 1.29 is 0 Å². The van der Waals surface area contributed by atoms with Crippen molar-refractivity contribution in [2.24, 2.45) is 4.99 Å². The lowest BCUT2D eigenvalue weighted by molar-refractivity contribution is 1.39. The molecule has 0 bridgehead atoms. The summed E-state index contributed by atoms with van der Waals surface area (Å²) in [6.07, 6.45) is 0. The largest absolute Gasteiger partial charge is 0.270 e. The molecule has 1 aliphatic rings. The predicted octanol–water partition coefficient (Wildman–Crippen LogP) is 2.49. The summed E-state index contributed by atoms with van der Waals surface area (Å²) in [5, 5.41) is 0.922. The Bertz CT molecular complexity index is 355. The lowest BCUT2D eigenvalue weighted by Gasteiger charge is -1.95. The summed E-state index contributed by atoms with van der Waals surface area (Å²) in [5.41, 5.74) is 0.975. The minimum Gasteiger partial charge on any atom is -0.270 e. The van der Waals surface area contributed by atoms with E-state index in [1.165, 1.54) is 0 Å². The van der Waals surface area contributed by atoms with E-state index < -0.39 is 10.7 Å². The average Bonchev–Trinajstić information content (AvgIpc) is 2.30. The number of hydrogen-bond donors (Lipinski definition) is 1. The molecule has 2 nitrogen and oxygen atoms in total. The second kappa shape index (κ2) is 2.27. The maximum atomic E-state index is 7.72. The number of rotatable bonds is 0. The molecule has 11 heavy (non-hydrogen) atoms. The summed E-state index contributed by atoms with van der Waals surface area (Å²) in [7, 11) is -0.493. The van der Waals surface area contributed by atoms with Crippen LogP contribution in [0.1, 0.15) is 6.92 Å². The van der Waals surface area contributed by atoms with E-state index in [4.69, 9.17) is 4.78 Å². The van der Waals surface area contributed by atoms with Gasteiger partial charge in [0.15, 0.2) is 0 Å². The Morgan fingerprint density at radius 3 is 2.82 bits per heavy atom. The molecule has 1 N–H and O–H groups in total. The number of benzene rings is 1. The van der Waals surface area contributed by atoms with Gasteiger partial charge >= 0.3 is 0 Å². The first-order valence-corrected chi connectivity index (χ1v) is 4.61. The van der Waals surface area contributed by atoms with Crippen LogP contribution in [0.4, 0.5) is 5.69 Å². The van der Waals surface area contributed by atoms with Gasteiger partial charge in [0.25, 0.3) is 0 Å². The SMILES string of the molecule is CC1=Nc2ccccc2S1=N. The fraction of sp³-hybridized carbons (Fsp3) is 0.125. The average molecular weight is 164 g/mol. The Morgan fingerprint density at radius 1 is 1.36 bits per heavy atom. The molecule has 0 amide bonds. The molecule has 1 aliphatic heterocycles. The normalized spacial score (nSPS) is 21.2. The first-order valence-electron chi connectivity index (χ1n) is 3.39. The number of para-hydroxylation sites is 1. The molecular formula is C8H8N2S. The van der Waals surface area contributed by atoms with E-state index in [0.717, 1.165) is 15.6 Å². The highest BCUT2D eigenvalue weighted by Crippen LogP contribution is 2.29. The van der Waals surface area contributed by atoms with E-state index >= 15 is 0 Å². The monoisotopic (exact) mass is 164 g/mol. The van der Waals surface area contributed by atoms with E-state index in [9.17, 15) is 0 Å². The zero-order chi connectivity index (χ0) is 7.84. The van der Waals surface area contributed by atoms with Crippen LogP contribution in [0.15, 0.2) is 34.2 Å². The van der Waals surface area contributed by atoms with Gasteiger partial charge in [-0.15, -0.1) is 0 Å². The minimum atomic E-state index is -0.493. The first kappa shape index (κ1) is 6.73. The fourth-order valence-corrected chi connectivity index (χ4v) is 2.14. The highest BCUT2D eigenvalue weighted by Gasteiger charge is 2.14. The van der Waals surface area contributed by atoms with Crippen molar-refractivity contribution in [2.45, 2.75) is 11.8 Å². The lowest BCUT2D eigenvalue weighted by Crippen LogP contribution is -1.93. The summed E-state index contributed by atoms with van der Waals surface area (Å²) in [6, 6.07) is 7.85. The predicted molar refractivity (Wildman–Crippen MR) is 47.6 cm³/mol. The minimum absolute atomic E-state index is 0.493. The van der Waals surface area contributed by atoms with E-state index in [1.807, 2.05) is 31.2 Å².